The van der Waals surface area contributed by atoms with Gasteiger partial charge in [0.25, 0.3) is 5.91 Å². The van der Waals surface area contributed by atoms with Crippen LogP contribution in [0.2, 0.25) is 18.6 Å². The second-order valence-electron chi connectivity index (χ2n) is 15.1. The number of carbonyl (C=O) groups excluding carboxylic acids is 2. The van der Waals surface area contributed by atoms with E-state index in [1.807, 2.05) is 128 Å². The van der Waals surface area contributed by atoms with Crippen LogP contribution in [0.25, 0.3) is 0 Å². The first kappa shape index (κ1) is 35.1. The maximum absolute atomic E-state index is 15.1. The first-order chi connectivity index (χ1) is 25.6. The average Bonchev–Trinajstić information content (AvgIpc) is 3.82. The minimum absolute atomic E-state index is 0.00566. The molecule has 0 bridgehead atoms. The summed E-state index contributed by atoms with van der Waals surface area (Å²) in [6, 6.07) is 33.5. The summed E-state index contributed by atoms with van der Waals surface area (Å²) in [6.07, 6.45) is 2.97. The van der Waals surface area contributed by atoms with E-state index >= 15 is 4.79 Å². The Morgan fingerprint density at radius 2 is 1.64 bits per heavy atom. The van der Waals surface area contributed by atoms with E-state index in [0.29, 0.717) is 43.7 Å². The smallest absolute Gasteiger partial charge is 0.264 e. The van der Waals surface area contributed by atoms with E-state index in [4.69, 9.17) is 4.74 Å². The molecule has 8 rings (SSSR count). The molecule has 0 radical (unpaired) electrons. The standard InChI is InChI=1S/C42H45N5O5Si/c1-28-40(53(2,3)51)38(22-23-45-26-35(43-44-45)33(27-48)30-14-8-5-9-15-30)52-42(28)34-24-32(47-36-17-11-10-16-31(36)18-21-39(47)49)19-20-37(34)46(41(42)50)25-29-12-6-4-7-13-29/h4-17,19-20,24,26,28,33,38,40,48,51H,18,21-23,25,27H2,1-3H3/t28-,33?,38+,40-,42+/m1/s1. The largest absolute Gasteiger partial charge is 0.432 e. The highest BCUT2D eigenvalue weighted by atomic mass is 28.4. The molecule has 11 heteroatoms. The molecule has 5 aromatic rings. The van der Waals surface area contributed by atoms with Gasteiger partial charge in [0, 0.05) is 41.9 Å². The summed E-state index contributed by atoms with van der Waals surface area (Å²) in [4.78, 5) is 44.1. The summed E-state index contributed by atoms with van der Waals surface area (Å²) < 4.78 is 8.91. The molecule has 1 unspecified atom stereocenters. The fraction of sp³-hybridized carbons (Fsp3) is 0.333. The number of benzene rings is 4. The Hall–Kier alpha value is -4.94. The number of hydrogen-bond donors (Lipinski definition) is 2. The molecular weight excluding hydrogens is 683 g/mol. The molecule has 1 spiro atoms. The number of amides is 2. The van der Waals surface area contributed by atoms with Gasteiger partial charge in [-0.2, -0.15) is 0 Å². The fourth-order valence-corrected chi connectivity index (χ4v) is 11.6. The second-order valence-corrected chi connectivity index (χ2v) is 19.1. The summed E-state index contributed by atoms with van der Waals surface area (Å²) in [5.41, 5.74) is 5.08. The predicted octanol–water partition coefficient (Wildman–Crippen LogP) is 6.45. The van der Waals surface area contributed by atoms with Gasteiger partial charge in [-0.3, -0.25) is 19.2 Å². The van der Waals surface area contributed by atoms with Crippen LogP contribution in [0, 0.1) is 5.92 Å². The van der Waals surface area contributed by atoms with Crippen LogP contribution in [0.1, 0.15) is 53.6 Å². The zero-order valence-electron chi connectivity index (χ0n) is 30.3. The monoisotopic (exact) mass is 727 g/mol. The second kappa shape index (κ2) is 13.8. The third kappa shape index (κ3) is 6.11. The molecule has 1 fully saturated rings. The van der Waals surface area contributed by atoms with Gasteiger partial charge >= 0.3 is 0 Å². The van der Waals surface area contributed by atoms with Crippen molar-refractivity contribution >= 4 is 37.2 Å². The molecule has 1 aromatic heterocycles. The van der Waals surface area contributed by atoms with Crippen LogP contribution in [-0.2, 0) is 39.4 Å². The molecule has 2 N–H and O–H groups in total. The molecule has 272 valence electrons. The van der Waals surface area contributed by atoms with E-state index in [9.17, 15) is 14.7 Å². The van der Waals surface area contributed by atoms with Crippen LogP contribution in [0.15, 0.2) is 109 Å². The number of ether oxygens (including phenoxy) is 1. The van der Waals surface area contributed by atoms with Crippen molar-refractivity contribution in [2.75, 3.05) is 16.4 Å². The first-order valence-electron chi connectivity index (χ1n) is 18.5. The molecule has 4 heterocycles. The number of aryl methyl sites for hydroxylation is 2. The number of anilines is 3. The Morgan fingerprint density at radius 1 is 0.925 bits per heavy atom. The lowest BCUT2D eigenvalue weighted by atomic mass is 9.82. The maximum Gasteiger partial charge on any atom is 0.264 e. The predicted molar refractivity (Wildman–Crippen MR) is 205 cm³/mol. The van der Waals surface area contributed by atoms with Crippen molar-refractivity contribution in [3.8, 4) is 0 Å². The topological polar surface area (TPSA) is 121 Å². The zero-order valence-corrected chi connectivity index (χ0v) is 31.3. The summed E-state index contributed by atoms with van der Waals surface area (Å²) in [5.74, 6) is -0.822. The Balaban J connectivity index is 1.17. The quantitative estimate of drug-likeness (QED) is 0.159. The molecular formula is C42H45N5O5Si. The van der Waals surface area contributed by atoms with Crippen LogP contribution in [0.4, 0.5) is 17.1 Å². The molecule has 4 aromatic carbocycles. The maximum atomic E-state index is 15.1. The number of para-hydroxylation sites is 1. The van der Waals surface area contributed by atoms with E-state index in [-0.39, 0.29) is 35.8 Å². The van der Waals surface area contributed by atoms with Gasteiger partial charge in [0.05, 0.1) is 42.2 Å². The molecule has 10 nitrogen and oxygen atoms in total. The van der Waals surface area contributed by atoms with Gasteiger partial charge in [-0.05, 0) is 66.9 Å². The van der Waals surface area contributed by atoms with Crippen molar-refractivity contribution in [3.63, 3.8) is 0 Å². The zero-order chi connectivity index (χ0) is 36.9. The number of fused-ring (bicyclic) bond motifs is 3. The number of carbonyl (C=O) groups is 2. The number of hydrogen-bond acceptors (Lipinski definition) is 7. The highest BCUT2D eigenvalue weighted by Crippen LogP contribution is 2.60. The molecule has 3 aliphatic heterocycles. The van der Waals surface area contributed by atoms with Crippen molar-refractivity contribution < 1.29 is 24.2 Å². The van der Waals surface area contributed by atoms with Gasteiger partial charge in [0.2, 0.25) is 5.91 Å². The van der Waals surface area contributed by atoms with E-state index in [0.717, 1.165) is 33.6 Å². The van der Waals surface area contributed by atoms with Crippen molar-refractivity contribution in [1.29, 1.82) is 0 Å². The summed E-state index contributed by atoms with van der Waals surface area (Å²) in [7, 11) is -2.93. The summed E-state index contributed by atoms with van der Waals surface area (Å²) >= 11 is 0. The number of aromatic nitrogens is 3. The van der Waals surface area contributed by atoms with Crippen molar-refractivity contribution in [3.05, 3.63) is 137 Å². The summed E-state index contributed by atoms with van der Waals surface area (Å²) in [6.45, 7) is 6.59. The van der Waals surface area contributed by atoms with Crippen LogP contribution in [0.5, 0.6) is 0 Å². The highest BCUT2D eigenvalue weighted by Gasteiger charge is 2.66. The molecule has 5 atom stereocenters. The number of nitrogens with zero attached hydrogens (tertiary/aromatic N) is 5. The Kier molecular flexibility index (Phi) is 9.14. The third-order valence-corrected chi connectivity index (χ3v) is 13.9. The van der Waals surface area contributed by atoms with Gasteiger partial charge in [-0.25, -0.2) is 0 Å². The number of rotatable bonds is 10. The van der Waals surface area contributed by atoms with E-state index < -0.39 is 20.0 Å². The van der Waals surface area contributed by atoms with Crippen LogP contribution >= 0.6 is 0 Å². The van der Waals surface area contributed by atoms with Gasteiger partial charge in [-0.15, -0.1) is 5.10 Å². The van der Waals surface area contributed by atoms with Crippen molar-refractivity contribution in [2.45, 2.75) is 75.5 Å². The minimum atomic E-state index is -2.93. The molecule has 2 amide bonds. The van der Waals surface area contributed by atoms with Crippen LogP contribution < -0.4 is 9.80 Å². The Bertz CT molecular complexity index is 2140. The van der Waals surface area contributed by atoms with E-state index in [2.05, 4.69) is 16.4 Å². The summed E-state index contributed by atoms with van der Waals surface area (Å²) in [5, 5.41) is 19.0. The van der Waals surface area contributed by atoms with Crippen molar-refractivity contribution in [2.24, 2.45) is 5.92 Å². The highest BCUT2D eigenvalue weighted by molar-refractivity contribution is 6.71. The van der Waals surface area contributed by atoms with E-state index in [1.54, 1.807) is 9.58 Å². The number of aliphatic hydroxyl groups excluding tert-OH is 1. The molecule has 3 aliphatic rings. The van der Waals surface area contributed by atoms with Crippen LogP contribution in [-0.4, -0.2) is 57.7 Å². The molecule has 0 aliphatic carbocycles. The lowest BCUT2D eigenvalue weighted by molar-refractivity contribution is -0.146. The van der Waals surface area contributed by atoms with Crippen molar-refractivity contribution in [1.82, 2.24) is 15.0 Å². The van der Waals surface area contributed by atoms with Gasteiger partial charge in [-0.1, -0.05) is 91.0 Å². The number of aliphatic hydroxyl groups is 1. The normalized spacial score (nSPS) is 23.1. The van der Waals surface area contributed by atoms with Crippen LogP contribution in [0.3, 0.4) is 0 Å². The SMILES string of the molecule is C[C@@H]1[C@@H]([Si](C)(C)O)[C@H](CCn2cc(C(CO)c3ccccc3)nn2)O[C@@]12C(=O)N(Cc1ccccc1)c1ccc(N3C(=O)CCc4ccccc43)cc12. The molecule has 0 saturated carbocycles. The molecule has 53 heavy (non-hydrogen) atoms. The van der Waals surface area contributed by atoms with E-state index in [1.165, 1.54) is 0 Å². The minimum Gasteiger partial charge on any atom is -0.432 e. The van der Waals surface area contributed by atoms with Gasteiger partial charge < -0.3 is 19.5 Å². The lowest BCUT2D eigenvalue weighted by Gasteiger charge is -2.33. The van der Waals surface area contributed by atoms with Gasteiger partial charge in [0.15, 0.2) is 13.9 Å². The Morgan fingerprint density at radius 3 is 2.38 bits per heavy atom. The lowest BCUT2D eigenvalue weighted by Crippen LogP contribution is -2.46. The first-order valence-corrected chi connectivity index (χ1v) is 21.5. The molecule has 1 saturated heterocycles. The third-order valence-electron chi connectivity index (χ3n) is 11.4. The average molecular weight is 728 g/mol. The van der Waals surface area contributed by atoms with Gasteiger partial charge in [0.1, 0.15) is 0 Å². The Labute approximate surface area is 310 Å². The fourth-order valence-electron chi connectivity index (χ4n) is 9.01.